The summed E-state index contributed by atoms with van der Waals surface area (Å²) in [5.41, 5.74) is 0.0466. The molecule has 0 saturated carbocycles. The molecular formula is C12H12N2O4S. The van der Waals surface area contributed by atoms with Gasteiger partial charge in [0.05, 0.1) is 4.92 Å². The van der Waals surface area contributed by atoms with E-state index in [0.29, 0.717) is 18.6 Å². The number of non-ortho nitro benzene ring substituents is 1. The Labute approximate surface area is 113 Å². The number of thioether (sulfide) groups is 1. The number of carbonyl (C=O) groups is 2. The minimum atomic E-state index is -0.450. The SMILES string of the molecule is O=C1CCC(CSc2ccc([N+](=O)[O-])cc2)C(=O)N1. The third-order valence-electron chi connectivity index (χ3n) is 2.85. The van der Waals surface area contributed by atoms with E-state index in [0.717, 1.165) is 4.90 Å². The largest absolute Gasteiger partial charge is 0.296 e. The zero-order valence-corrected chi connectivity index (χ0v) is 10.8. The number of piperidine rings is 1. The van der Waals surface area contributed by atoms with E-state index in [4.69, 9.17) is 0 Å². The molecule has 1 N–H and O–H groups in total. The van der Waals surface area contributed by atoms with Gasteiger partial charge >= 0.3 is 0 Å². The summed E-state index contributed by atoms with van der Waals surface area (Å²) >= 11 is 1.46. The van der Waals surface area contributed by atoms with Gasteiger partial charge in [0.25, 0.3) is 5.69 Å². The second-order valence-electron chi connectivity index (χ2n) is 4.21. The number of hydrogen-bond acceptors (Lipinski definition) is 5. The number of nitro groups is 1. The highest BCUT2D eigenvalue weighted by Gasteiger charge is 2.26. The van der Waals surface area contributed by atoms with Gasteiger partial charge in [-0.05, 0) is 18.6 Å². The first-order valence-electron chi connectivity index (χ1n) is 5.77. The van der Waals surface area contributed by atoms with Crippen LogP contribution in [0.2, 0.25) is 0 Å². The van der Waals surface area contributed by atoms with Gasteiger partial charge in [0.15, 0.2) is 0 Å². The molecule has 7 heteroatoms. The Kier molecular flexibility index (Phi) is 4.16. The van der Waals surface area contributed by atoms with Gasteiger partial charge in [-0.2, -0.15) is 0 Å². The van der Waals surface area contributed by atoms with Crippen molar-refractivity contribution in [2.45, 2.75) is 17.7 Å². The summed E-state index contributed by atoms with van der Waals surface area (Å²) in [4.78, 5) is 33.5. The first-order chi connectivity index (χ1) is 9.06. The number of nitrogens with zero attached hydrogens (tertiary/aromatic N) is 1. The summed E-state index contributed by atoms with van der Waals surface area (Å²) in [7, 11) is 0. The lowest BCUT2D eigenvalue weighted by Crippen LogP contribution is -2.41. The quantitative estimate of drug-likeness (QED) is 0.393. The van der Waals surface area contributed by atoms with Crippen molar-refractivity contribution in [3.63, 3.8) is 0 Å². The minimum absolute atomic E-state index is 0.0466. The van der Waals surface area contributed by atoms with Crippen LogP contribution in [0.5, 0.6) is 0 Å². The number of nitro benzene ring substituents is 1. The summed E-state index contributed by atoms with van der Waals surface area (Å²) in [6, 6.07) is 6.20. The average molecular weight is 280 g/mol. The van der Waals surface area contributed by atoms with Crippen LogP contribution in [0.3, 0.4) is 0 Å². The van der Waals surface area contributed by atoms with E-state index in [-0.39, 0.29) is 23.4 Å². The molecule has 1 atom stereocenters. The normalized spacial score (nSPS) is 19.1. The van der Waals surface area contributed by atoms with Crippen LogP contribution in [-0.4, -0.2) is 22.5 Å². The molecule has 0 spiro atoms. The molecule has 19 heavy (non-hydrogen) atoms. The predicted octanol–water partition coefficient (Wildman–Crippen LogP) is 1.74. The fourth-order valence-corrected chi connectivity index (χ4v) is 2.80. The molecule has 0 aliphatic carbocycles. The van der Waals surface area contributed by atoms with Crippen LogP contribution in [0, 0.1) is 16.0 Å². The van der Waals surface area contributed by atoms with Crippen LogP contribution in [0.25, 0.3) is 0 Å². The second-order valence-corrected chi connectivity index (χ2v) is 5.30. The number of amides is 2. The predicted molar refractivity (Wildman–Crippen MR) is 69.7 cm³/mol. The molecule has 100 valence electrons. The smallest absolute Gasteiger partial charge is 0.269 e. The minimum Gasteiger partial charge on any atom is -0.296 e. The molecular weight excluding hydrogens is 268 g/mol. The zero-order valence-electron chi connectivity index (χ0n) is 10.00. The summed E-state index contributed by atoms with van der Waals surface area (Å²) in [5, 5.41) is 12.8. The number of nitrogens with one attached hydrogen (secondary N) is 1. The summed E-state index contributed by atoms with van der Waals surface area (Å²) in [5.74, 6) is -0.0677. The molecule has 1 heterocycles. The first-order valence-corrected chi connectivity index (χ1v) is 6.76. The van der Waals surface area contributed by atoms with Gasteiger partial charge in [-0.3, -0.25) is 25.0 Å². The maximum Gasteiger partial charge on any atom is 0.269 e. The van der Waals surface area contributed by atoms with E-state index >= 15 is 0 Å². The Morgan fingerprint density at radius 3 is 2.58 bits per heavy atom. The molecule has 1 saturated heterocycles. The lowest BCUT2D eigenvalue weighted by atomic mass is 10.0. The Balaban J connectivity index is 1.90. The fraction of sp³-hybridized carbons (Fsp3) is 0.333. The monoisotopic (exact) mass is 280 g/mol. The van der Waals surface area contributed by atoms with Gasteiger partial charge in [-0.1, -0.05) is 0 Å². The van der Waals surface area contributed by atoms with Crippen LogP contribution in [0.4, 0.5) is 5.69 Å². The molecule has 1 aromatic rings. The van der Waals surface area contributed by atoms with Gasteiger partial charge < -0.3 is 0 Å². The second kappa shape index (κ2) is 5.83. The molecule has 1 aliphatic rings. The van der Waals surface area contributed by atoms with E-state index in [1.54, 1.807) is 12.1 Å². The average Bonchev–Trinajstić information content (AvgIpc) is 2.38. The highest BCUT2D eigenvalue weighted by atomic mass is 32.2. The molecule has 0 radical (unpaired) electrons. The van der Waals surface area contributed by atoms with Crippen molar-refractivity contribution in [2.75, 3.05) is 5.75 Å². The molecule has 0 bridgehead atoms. The molecule has 2 amide bonds. The maximum atomic E-state index is 11.5. The van der Waals surface area contributed by atoms with E-state index < -0.39 is 4.92 Å². The zero-order chi connectivity index (χ0) is 13.8. The number of rotatable bonds is 4. The number of benzene rings is 1. The topological polar surface area (TPSA) is 89.3 Å². The van der Waals surface area contributed by atoms with E-state index in [1.165, 1.54) is 23.9 Å². The molecule has 6 nitrogen and oxygen atoms in total. The third kappa shape index (κ3) is 3.54. The van der Waals surface area contributed by atoms with Crippen LogP contribution in [0.1, 0.15) is 12.8 Å². The highest BCUT2D eigenvalue weighted by Crippen LogP contribution is 2.26. The number of carbonyl (C=O) groups excluding carboxylic acids is 2. The van der Waals surface area contributed by atoms with Crippen molar-refractivity contribution in [3.05, 3.63) is 34.4 Å². The van der Waals surface area contributed by atoms with Crippen LogP contribution in [0.15, 0.2) is 29.2 Å². The Bertz CT molecular complexity index is 515. The van der Waals surface area contributed by atoms with Crippen molar-refractivity contribution in [2.24, 2.45) is 5.92 Å². The Hall–Kier alpha value is -1.89. The van der Waals surface area contributed by atoms with Gasteiger partial charge in [-0.25, -0.2) is 0 Å². The van der Waals surface area contributed by atoms with Crippen LogP contribution in [-0.2, 0) is 9.59 Å². The van der Waals surface area contributed by atoms with Crippen molar-refractivity contribution in [3.8, 4) is 0 Å². The number of imide groups is 1. The van der Waals surface area contributed by atoms with Crippen molar-refractivity contribution < 1.29 is 14.5 Å². The van der Waals surface area contributed by atoms with E-state index in [9.17, 15) is 19.7 Å². The summed E-state index contributed by atoms with van der Waals surface area (Å²) in [6.45, 7) is 0. The molecule has 1 aromatic carbocycles. The molecule has 1 aliphatic heterocycles. The highest BCUT2D eigenvalue weighted by molar-refractivity contribution is 7.99. The number of hydrogen-bond donors (Lipinski definition) is 1. The van der Waals surface area contributed by atoms with Crippen molar-refractivity contribution >= 4 is 29.3 Å². The molecule has 2 rings (SSSR count). The standard InChI is InChI=1S/C12H12N2O4S/c15-11-6-1-8(12(16)13-11)7-19-10-4-2-9(3-5-10)14(17)18/h2-5,8H,1,6-7H2,(H,13,15,16). The summed E-state index contributed by atoms with van der Waals surface area (Å²) < 4.78 is 0. The van der Waals surface area contributed by atoms with Crippen molar-refractivity contribution in [1.82, 2.24) is 5.32 Å². The lowest BCUT2D eigenvalue weighted by Gasteiger charge is -2.20. The molecule has 1 fully saturated rings. The van der Waals surface area contributed by atoms with Gasteiger partial charge in [0, 0.05) is 35.1 Å². The molecule has 1 unspecified atom stereocenters. The fourth-order valence-electron chi connectivity index (χ4n) is 1.76. The Morgan fingerprint density at radius 1 is 1.32 bits per heavy atom. The first kappa shape index (κ1) is 13.5. The van der Waals surface area contributed by atoms with Crippen molar-refractivity contribution in [1.29, 1.82) is 0 Å². The maximum absolute atomic E-state index is 11.5. The lowest BCUT2D eigenvalue weighted by molar-refractivity contribution is -0.384. The van der Waals surface area contributed by atoms with E-state index in [2.05, 4.69) is 5.32 Å². The Morgan fingerprint density at radius 2 is 2.00 bits per heavy atom. The third-order valence-corrected chi connectivity index (χ3v) is 4.03. The summed E-state index contributed by atoms with van der Waals surface area (Å²) in [6.07, 6.45) is 0.932. The van der Waals surface area contributed by atoms with Gasteiger partial charge in [-0.15, -0.1) is 11.8 Å². The van der Waals surface area contributed by atoms with Gasteiger partial charge in [0.1, 0.15) is 0 Å². The van der Waals surface area contributed by atoms with E-state index in [1.807, 2.05) is 0 Å². The van der Waals surface area contributed by atoms with Crippen LogP contribution < -0.4 is 5.32 Å². The molecule has 0 aromatic heterocycles. The van der Waals surface area contributed by atoms with Crippen LogP contribution >= 0.6 is 11.8 Å². The van der Waals surface area contributed by atoms with Gasteiger partial charge in [0.2, 0.25) is 11.8 Å².